The highest BCUT2D eigenvalue weighted by Gasteiger charge is 2.23. The molecule has 1 atom stereocenters. The Morgan fingerprint density at radius 1 is 1.00 bits per heavy atom. The summed E-state index contributed by atoms with van der Waals surface area (Å²) in [7, 11) is 0. The van der Waals surface area contributed by atoms with Crippen LogP contribution in [0.4, 0.5) is 17.1 Å². The fraction of sp³-hybridized carbons (Fsp3) is 0.136. The minimum absolute atomic E-state index is 0.0705. The van der Waals surface area contributed by atoms with Gasteiger partial charge < -0.3 is 20.1 Å². The third-order valence-corrected chi connectivity index (χ3v) is 5.33. The minimum atomic E-state index is -0.717. The number of nitrogens with one attached hydrogen (secondary N) is 2. The number of benzene rings is 3. The van der Waals surface area contributed by atoms with Gasteiger partial charge in [0.15, 0.2) is 11.5 Å². The molecule has 0 saturated carbocycles. The van der Waals surface area contributed by atoms with Crippen molar-refractivity contribution in [2.24, 2.45) is 0 Å². The lowest BCUT2D eigenvalue weighted by Crippen LogP contribution is -2.27. The Morgan fingerprint density at radius 2 is 1.74 bits per heavy atom. The predicted molar refractivity (Wildman–Crippen MR) is 120 cm³/mol. The molecule has 0 aliphatic carbocycles. The molecule has 3 aromatic rings. The van der Waals surface area contributed by atoms with Gasteiger partial charge in [-0.15, -0.1) is 0 Å². The van der Waals surface area contributed by atoms with E-state index in [2.05, 4.69) is 26.6 Å². The average molecular weight is 484 g/mol. The van der Waals surface area contributed by atoms with E-state index < -0.39 is 11.0 Å². The van der Waals surface area contributed by atoms with Crippen LogP contribution in [0.5, 0.6) is 11.5 Å². The summed E-state index contributed by atoms with van der Waals surface area (Å²) in [6.45, 7) is 0.964. The zero-order valence-electron chi connectivity index (χ0n) is 16.2. The maximum atomic E-state index is 13.2. The number of ether oxygens (including phenoxy) is 2. The van der Waals surface area contributed by atoms with Crippen LogP contribution in [-0.2, 0) is 4.79 Å². The number of nitro benzene ring substituents is 1. The second kappa shape index (κ2) is 9.05. The molecule has 1 aliphatic heterocycles. The number of halogens is 1. The van der Waals surface area contributed by atoms with E-state index >= 15 is 0 Å². The van der Waals surface area contributed by atoms with Gasteiger partial charge in [-0.05, 0) is 39.7 Å². The van der Waals surface area contributed by atoms with Crippen molar-refractivity contribution in [1.29, 1.82) is 0 Å². The predicted octanol–water partition coefficient (Wildman–Crippen LogP) is 4.92. The van der Waals surface area contributed by atoms with Gasteiger partial charge in [0.2, 0.25) is 0 Å². The van der Waals surface area contributed by atoms with Gasteiger partial charge in [0, 0.05) is 28.4 Å². The Morgan fingerprint density at radius 3 is 2.45 bits per heavy atom. The molecule has 0 aromatic heterocycles. The van der Waals surface area contributed by atoms with Crippen LogP contribution in [0.15, 0.2) is 71.2 Å². The van der Waals surface area contributed by atoms with Crippen LogP contribution in [0.3, 0.4) is 0 Å². The molecule has 4 rings (SSSR count). The smallest absolute Gasteiger partial charge is 0.270 e. The Kier molecular flexibility index (Phi) is 6.03. The topological polar surface area (TPSA) is 103 Å². The molecule has 1 amide bonds. The van der Waals surface area contributed by atoms with Crippen LogP contribution in [0.2, 0.25) is 0 Å². The lowest BCUT2D eigenvalue weighted by Gasteiger charge is -2.23. The van der Waals surface area contributed by atoms with E-state index in [0.717, 1.165) is 5.56 Å². The second-order valence-electron chi connectivity index (χ2n) is 6.76. The van der Waals surface area contributed by atoms with Crippen molar-refractivity contribution >= 4 is 38.9 Å². The number of fused-ring (bicyclic) bond motifs is 1. The molecule has 1 heterocycles. The zero-order valence-corrected chi connectivity index (χ0v) is 17.8. The van der Waals surface area contributed by atoms with E-state index in [9.17, 15) is 14.9 Å². The summed E-state index contributed by atoms with van der Waals surface area (Å²) in [5, 5.41) is 17.0. The lowest BCUT2D eigenvalue weighted by molar-refractivity contribution is -0.384. The van der Waals surface area contributed by atoms with Gasteiger partial charge in [0.25, 0.3) is 11.6 Å². The third kappa shape index (κ3) is 4.77. The SMILES string of the molecule is O=C(Nc1ccc([N+](=O)[O-])cc1Br)[C@@H](Nc1ccc2c(c1)OCCO2)c1ccccc1. The summed E-state index contributed by atoms with van der Waals surface area (Å²) < 4.78 is 11.6. The highest BCUT2D eigenvalue weighted by Crippen LogP contribution is 2.34. The van der Waals surface area contributed by atoms with Crippen molar-refractivity contribution in [2.45, 2.75) is 6.04 Å². The summed E-state index contributed by atoms with van der Waals surface area (Å²) in [6, 6.07) is 18.1. The van der Waals surface area contributed by atoms with E-state index in [1.54, 1.807) is 12.1 Å². The molecule has 0 unspecified atom stereocenters. The van der Waals surface area contributed by atoms with Crippen molar-refractivity contribution in [3.05, 3.63) is 86.9 Å². The molecule has 3 aromatic carbocycles. The molecule has 158 valence electrons. The molecular weight excluding hydrogens is 466 g/mol. The van der Waals surface area contributed by atoms with Gasteiger partial charge in [-0.3, -0.25) is 14.9 Å². The molecule has 8 nitrogen and oxygen atoms in total. The summed E-state index contributed by atoms with van der Waals surface area (Å²) in [6.07, 6.45) is 0. The first-order valence-corrected chi connectivity index (χ1v) is 10.3. The molecule has 1 aliphatic rings. The largest absolute Gasteiger partial charge is 0.486 e. The Balaban J connectivity index is 1.60. The van der Waals surface area contributed by atoms with E-state index in [1.807, 2.05) is 36.4 Å². The molecule has 0 spiro atoms. The third-order valence-electron chi connectivity index (χ3n) is 4.67. The van der Waals surface area contributed by atoms with Gasteiger partial charge in [0.05, 0.1) is 10.6 Å². The van der Waals surface area contributed by atoms with Gasteiger partial charge >= 0.3 is 0 Å². The highest BCUT2D eigenvalue weighted by molar-refractivity contribution is 9.10. The molecule has 0 fully saturated rings. The van der Waals surface area contributed by atoms with Crippen LogP contribution in [0, 0.1) is 10.1 Å². The quantitative estimate of drug-likeness (QED) is 0.381. The summed E-state index contributed by atoms with van der Waals surface area (Å²) in [4.78, 5) is 23.7. The molecule has 0 bridgehead atoms. The molecule has 0 saturated heterocycles. The first kappa shape index (κ1) is 20.7. The van der Waals surface area contributed by atoms with E-state index in [0.29, 0.717) is 40.6 Å². The number of rotatable bonds is 6. The fourth-order valence-corrected chi connectivity index (χ4v) is 3.64. The van der Waals surface area contributed by atoms with E-state index in [1.165, 1.54) is 18.2 Å². The van der Waals surface area contributed by atoms with Gasteiger partial charge in [-0.2, -0.15) is 0 Å². The molecular formula is C22H18BrN3O5. The number of hydrogen-bond donors (Lipinski definition) is 2. The molecule has 9 heteroatoms. The number of non-ortho nitro benzene ring substituents is 1. The first-order valence-electron chi connectivity index (χ1n) is 9.47. The minimum Gasteiger partial charge on any atom is -0.486 e. The first-order chi connectivity index (χ1) is 15.0. The van der Waals surface area contributed by atoms with Crippen LogP contribution in [0.1, 0.15) is 11.6 Å². The van der Waals surface area contributed by atoms with E-state index in [4.69, 9.17) is 9.47 Å². The monoisotopic (exact) mass is 483 g/mol. The second-order valence-corrected chi connectivity index (χ2v) is 7.61. The van der Waals surface area contributed by atoms with Gasteiger partial charge in [-0.25, -0.2) is 0 Å². The number of nitrogens with zero attached hydrogens (tertiary/aromatic N) is 1. The van der Waals surface area contributed by atoms with Crippen molar-refractivity contribution in [1.82, 2.24) is 0 Å². The molecule has 2 N–H and O–H groups in total. The van der Waals surface area contributed by atoms with E-state index in [-0.39, 0.29) is 11.6 Å². The number of nitro groups is 1. The van der Waals surface area contributed by atoms with Crippen LogP contribution in [-0.4, -0.2) is 24.0 Å². The fourth-order valence-electron chi connectivity index (χ4n) is 3.17. The van der Waals surface area contributed by atoms with Crippen LogP contribution < -0.4 is 20.1 Å². The highest BCUT2D eigenvalue weighted by atomic mass is 79.9. The number of carbonyl (C=O) groups excluding carboxylic acids is 1. The molecule has 31 heavy (non-hydrogen) atoms. The summed E-state index contributed by atoms with van der Waals surface area (Å²) in [5.74, 6) is 0.949. The normalized spacial score (nSPS) is 13.2. The maximum Gasteiger partial charge on any atom is 0.270 e. The average Bonchev–Trinajstić information content (AvgIpc) is 2.79. The standard InChI is InChI=1S/C22H18BrN3O5/c23-17-13-16(26(28)29)7-8-18(17)25-22(27)21(14-4-2-1-3-5-14)24-15-6-9-19-20(12-15)31-11-10-30-19/h1-9,12-13,21,24H,10-11H2,(H,25,27)/t21-/m0/s1. The van der Waals surface area contributed by atoms with Gasteiger partial charge in [0.1, 0.15) is 19.3 Å². The van der Waals surface area contributed by atoms with Crippen molar-refractivity contribution in [2.75, 3.05) is 23.8 Å². The number of hydrogen-bond acceptors (Lipinski definition) is 6. The van der Waals surface area contributed by atoms with Crippen LogP contribution >= 0.6 is 15.9 Å². The zero-order chi connectivity index (χ0) is 21.8. The lowest BCUT2D eigenvalue weighted by atomic mass is 10.1. The Hall–Kier alpha value is -3.59. The summed E-state index contributed by atoms with van der Waals surface area (Å²) >= 11 is 3.29. The van der Waals surface area contributed by atoms with Crippen LogP contribution in [0.25, 0.3) is 0 Å². The Labute approximate surface area is 186 Å². The summed E-state index contributed by atoms with van der Waals surface area (Å²) in [5.41, 5.74) is 1.81. The molecule has 0 radical (unpaired) electrons. The Bertz CT molecular complexity index is 1120. The van der Waals surface area contributed by atoms with Crippen molar-refractivity contribution < 1.29 is 19.2 Å². The van der Waals surface area contributed by atoms with Gasteiger partial charge in [-0.1, -0.05) is 30.3 Å². The van der Waals surface area contributed by atoms with Crippen molar-refractivity contribution in [3.8, 4) is 11.5 Å². The number of carbonyl (C=O) groups is 1. The maximum absolute atomic E-state index is 13.2. The number of anilines is 2. The van der Waals surface area contributed by atoms with Crippen molar-refractivity contribution in [3.63, 3.8) is 0 Å². The number of amides is 1.